The standard InChI is InChI=1S/C7H12O3/c1-5(4-8)6(2)10-7(3)9/h4-6H,1-3H3. The third-order valence-corrected chi connectivity index (χ3v) is 1.31. The minimum atomic E-state index is -0.346. The third kappa shape index (κ3) is 3.22. The fourth-order valence-electron chi connectivity index (χ4n) is 0.480. The van der Waals surface area contributed by atoms with E-state index in [1.807, 2.05) is 0 Å². The van der Waals surface area contributed by atoms with Crippen LogP contribution in [0.5, 0.6) is 0 Å². The summed E-state index contributed by atoms with van der Waals surface area (Å²) in [5.74, 6) is -0.565. The first-order chi connectivity index (χ1) is 4.57. The molecule has 0 amide bonds. The lowest BCUT2D eigenvalue weighted by molar-refractivity contribution is -0.148. The molecule has 0 heterocycles. The zero-order valence-corrected chi connectivity index (χ0v) is 6.46. The van der Waals surface area contributed by atoms with Crippen LogP contribution in [0.4, 0.5) is 0 Å². The van der Waals surface area contributed by atoms with E-state index < -0.39 is 0 Å². The number of hydrogen-bond acceptors (Lipinski definition) is 3. The second-order valence-electron chi connectivity index (χ2n) is 2.31. The summed E-state index contributed by atoms with van der Waals surface area (Å²) in [6, 6.07) is 0. The molecule has 0 aromatic rings. The van der Waals surface area contributed by atoms with E-state index in [2.05, 4.69) is 0 Å². The zero-order valence-electron chi connectivity index (χ0n) is 6.46. The van der Waals surface area contributed by atoms with E-state index in [9.17, 15) is 9.59 Å². The Morgan fingerprint density at radius 1 is 1.50 bits per heavy atom. The van der Waals surface area contributed by atoms with E-state index in [0.29, 0.717) is 0 Å². The Labute approximate surface area is 60.4 Å². The highest BCUT2D eigenvalue weighted by molar-refractivity contribution is 5.66. The topological polar surface area (TPSA) is 43.4 Å². The molecule has 0 aromatic heterocycles. The summed E-state index contributed by atoms with van der Waals surface area (Å²) in [5, 5.41) is 0. The van der Waals surface area contributed by atoms with Gasteiger partial charge in [0.25, 0.3) is 0 Å². The van der Waals surface area contributed by atoms with Gasteiger partial charge in [-0.25, -0.2) is 0 Å². The highest BCUT2D eigenvalue weighted by Gasteiger charge is 2.12. The average molecular weight is 144 g/mol. The van der Waals surface area contributed by atoms with Gasteiger partial charge in [0.15, 0.2) is 0 Å². The predicted molar refractivity (Wildman–Crippen MR) is 36.5 cm³/mol. The van der Waals surface area contributed by atoms with E-state index >= 15 is 0 Å². The first kappa shape index (κ1) is 9.14. The van der Waals surface area contributed by atoms with Crippen molar-refractivity contribution in [2.24, 2.45) is 5.92 Å². The summed E-state index contributed by atoms with van der Waals surface area (Å²) in [6.07, 6.45) is 0.461. The second kappa shape index (κ2) is 4.04. The Kier molecular flexibility index (Phi) is 3.69. The molecule has 0 saturated heterocycles. The minimum absolute atomic E-state index is 0.219. The molecule has 0 aliphatic carbocycles. The molecular formula is C7H12O3. The van der Waals surface area contributed by atoms with Crippen molar-refractivity contribution >= 4 is 12.3 Å². The summed E-state index contributed by atoms with van der Waals surface area (Å²) in [4.78, 5) is 20.5. The van der Waals surface area contributed by atoms with E-state index in [4.69, 9.17) is 4.74 Å². The van der Waals surface area contributed by atoms with Crippen molar-refractivity contribution < 1.29 is 14.3 Å². The van der Waals surface area contributed by atoms with E-state index in [0.717, 1.165) is 6.29 Å². The van der Waals surface area contributed by atoms with Gasteiger partial charge >= 0.3 is 5.97 Å². The number of hydrogen-bond donors (Lipinski definition) is 0. The summed E-state index contributed by atoms with van der Waals surface area (Å²) in [6.45, 7) is 4.73. The Hall–Kier alpha value is -0.860. The van der Waals surface area contributed by atoms with Crippen molar-refractivity contribution in [3.8, 4) is 0 Å². The molecule has 3 heteroatoms. The Balaban J connectivity index is 3.71. The van der Waals surface area contributed by atoms with Gasteiger partial charge in [0, 0.05) is 12.8 Å². The van der Waals surface area contributed by atoms with Gasteiger partial charge in [0.2, 0.25) is 0 Å². The maximum atomic E-state index is 10.3. The molecular weight excluding hydrogens is 132 g/mol. The van der Waals surface area contributed by atoms with Crippen molar-refractivity contribution in [3.05, 3.63) is 0 Å². The van der Waals surface area contributed by atoms with Crippen LogP contribution in [-0.2, 0) is 14.3 Å². The van der Waals surface area contributed by atoms with Crippen LogP contribution in [0.2, 0.25) is 0 Å². The number of rotatable bonds is 3. The SMILES string of the molecule is CC(=O)OC(C)C(C)C=O. The van der Waals surface area contributed by atoms with Gasteiger partial charge in [0.1, 0.15) is 12.4 Å². The molecule has 0 fully saturated rings. The average Bonchev–Trinajstić information content (AvgIpc) is 1.85. The lowest BCUT2D eigenvalue weighted by Gasteiger charge is -2.13. The number of ether oxygens (including phenoxy) is 1. The quantitative estimate of drug-likeness (QED) is 0.434. The second-order valence-corrected chi connectivity index (χ2v) is 2.31. The zero-order chi connectivity index (χ0) is 8.15. The van der Waals surface area contributed by atoms with Crippen molar-refractivity contribution in [3.63, 3.8) is 0 Å². The molecule has 0 bridgehead atoms. The number of aldehydes is 1. The van der Waals surface area contributed by atoms with Gasteiger partial charge < -0.3 is 9.53 Å². The number of esters is 1. The predicted octanol–water partition coefficient (Wildman–Crippen LogP) is 0.773. The molecule has 0 N–H and O–H groups in total. The van der Waals surface area contributed by atoms with Gasteiger partial charge in [-0.3, -0.25) is 4.79 Å². The van der Waals surface area contributed by atoms with E-state index in [-0.39, 0.29) is 18.0 Å². The first-order valence-corrected chi connectivity index (χ1v) is 3.20. The molecule has 58 valence electrons. The molecule has 10 heavy (non-hydrogen) atoms. The molecule has 3 nitrogen and oxygen atoms in total. The minimum Gasteiger partial charge on any atom is -0.462 e. The molecule has 0 aliphatic heterocycles. The number of carbonyl (C=O) groups is 2. The fraction of sp³-hybridized carbons (Fsp3) is 0.714. The van der Waals surface area contributed by atoms with Crippen molar-refractivity contribution in [2.75, 3.05) is 0 Å². The number of carbonyl (C=O) groups excluding carboxylic acids is 2. The third-order valence-electron chi connectivity index (χ3n) is 1.31. The summed E-state index contributed by atoms with van der Waals surface area (Å²) < 4.78 is 4.73. The maximum absolute atomic E-state index is 10.3. The maximum Gasteiger partial charge on any atom is 0.302 e. The van der Waals surface area contributed by atoms with Crippen molar-refractivity contribution in [1.29, 1.82) is 0 Å². The van der Waals surface area contributed by atoms with Crippen LogP contribution in [0.15, 0.2) is 0 Å². The van der Waals surface area contributed by atoms with E-state index in [1.54, 1.807) is 13.8 Å². The molecule has 0 radical (unpaired) electrons. The van der Waals surface area contributed by atoms with Crippen LogP contribution in [0.25, 0.3) is 0 Å². The summed E-state index contributed by atoms with van der Waals surface area (Å²) in [5.41, 5.74) is 0. The van der Waals surface area contributed by atoms with Gasteiger partial charge in [-0.05, 0) is 6.92 Å². The van der Waals surface area contributed by atoms with Crippen molar-refractivity contribution in [2.45, 2.75) is 26.9 Å². The monoisotopic (exact) mass is 144 g/mol. The van der Waals surface area contributed by atoms with Gasteiger partial charge in [-0.15, -0.1) is 0 Å². The summed E-state index contributed by atoms with van der Waals surface area (Å²) >= 11 is 0. The lowest BCUT2D eigenvalue weighted by Crippen LogP contribution is -2.21. The van der Waals surface area contributed by atoms with Crippen molar-refractivity contribution in [1.82, 2.24) is 0 Å². The highest BCUT2D eigenvalue weighted by Crippen LogP contribution is 2.02. The smallest absolute Gasteiger partial charge is 0.302 e. The molecule has 2 atom stereocenters. The Morgan fingerprint density at radius 2 is 2.00 bits per heavy atom. The molecule has 0 rings (SSSR count). The van der Waals surface area contributed by atoms with Crippen LogP contribution in [0.3, 0.4) is 0 Å². The Morgan fingerprint density at radius 3 is 2.30 bits per heavy atom. The molecule has 0 aliphatic rings. The van der Waals surface area contributed by atoms with Crippen LogP contribution < -0.4 is 0 Å². The van der Waals surface area contributed by atoms with E-state index in [1.165, 1.54) is 6.92 Å². The van der Waals surface area contributed by atoms with Crippen LogP contribution >= 0.6 is 0 Å². The Bertz CT molecular complexity index is 131. The van der Waals surface area contributed by atoms with Crippen LogP contribution in [0, 0.1) is 5.92 Å². The highest BCUT2D eigenvalue weighted by atomic mass is 16.5. The molecule has 0 spiro atoms. The molecule has 0 aromatic carbocycles. The summed E-state index contributed by atoms with van der Waals surface area (Å²) in [7, 11) is 0. The van der Waals surface area contributed by atoms with Crippen LogP contribution in [-0.4, -0.2) is 18.4 Å². The largest absolute Gasteiger partial charge is 0.462 e. The van der Waals surface area contributed by atoms with Crippen LogP contribution in [0.1, 0.15) is 20.8 Å². The van der Waals surface area contributed by atoms with Gasteiger partial charge in [0.05, 0.1) is 0 Å². The first-order valence-electron chi connectivity index (χ1n) is 3.20. The normalized spacial score (nSPS) is 15.5. The molecule has 0 saturated carbocycles. The van der Waals surface area contributed by atoms with Gasteiger partial charge in [-0.1, -0.05) is 6.92 Å². The fourth-order valence-corrected chi connectivity index (χ4v) is 0.480. The van der Waals surface area contributed by atoms with Gasteiger partial charge in [-0.2, -0.15) is 0 Å². The molecule has 2 unspecified atom stereocenters. The lowest BCUT2D eigenvalue weighted by atomic mass is 10.1.